The lowest BCUT2D eigenvalue weighted by Gasteiger charge is -2.38. The van der Waals surface area contributed by atoms with Gasteiger partial charge in [0.05, 0.1) is 18.4 Å². The Kier molecular flexibility index (Phi) is 3.89. The third-order valence-corrected chi connectivity index (χ3v) is 3.33. The van der Waals surface area contributed by atoms with E-state index in [4.69, 9.17) is 17.3 Å². The van der Waals surface area contributed by atoms with Gasteiger partial charge in [-0.15, -0.1) is 0 Å². The van der Waals surface area contributed by atoms with Crippen LogP contribution < -0.4 is 16.2 Å². The Morgan fingerprint density at radius 3 is 2.78 bits per heavy atom. The highest BCUT2D eigenvalue weighted by molar-refractivity contribution is 6.33. The third-order valence-electron chi connectivity index (χ3n) is 2.98. The zero-order chi connectivity index (χ0) is 13.3. The lowest BCUT2D eigenvalue weighted by molar-refractivity contribution is 0.367. The molecule has 2 N–H and O–H groups in total. The average Bonchev–Trinajstić information content (AvgIpc) is 2.27. The zero-order valence-electron chi connectivity index (χ0n) is 10.6. The SMILES string of the molecule is CN(C)CCn1ncc(N2CC(N)C2)c(Cl)c1=O. The van der Waals surface area contributed by atoms with Crippen LogP contribution in [-0.2, 0) is 6.54 Å². The number of nitrogens with two attached hydrogens (primary N) is 1. The molecular formula is C11H18ClN5O. The van der Waals surface area contributed by atoms with Gasteiger partial charge in [-0.3, -0.25) is 4.79 Å². The number of anilines is 1. The van der Waals surface area contributed by atoms with Crippen LogP contribution in [0.15, 0.2) is 11.0 Å². The van der Waals surface area contributed by atoms with Crippen LogP contribution in [0.4, 0.5) is 5.69 Å². The fourth-order valence-corrected chi connectivity index (χ4v) is 2.11. The Bertz CT molecular complexity index is 481. The Morgan fingerprint density at radius 1 is 1.56 bits per heavy atom. The summed E-state index contributed by atoms with van der Waals surface area (Å²) in [7, 11) is 3.89. The summed E-state index contributed by atoms with van der Waals surface area (Å²) in [6, 6.07) is 0.164. The molecule has 18 heavy (non-hydrogen) atoms. The molecule has 6 nitrogen and oxygen atoms in total. The summed E-state index contributed by atoms with van der Waals surface area (Å²) in [4.78, 5) is 16.0. The quantitative estimate of drug-likeness (QED) is 0.808. The highest BCUT2D eigenvalue weighted by atomic mass is 35.5. The fraction of sp³-hybridized carbons (Fsp3) is 0.636. The molecule has 100 valence electrons. The van der Waals surface area contributed by atoms with Crippen LogP contribution in [0, 0.1) is 0 Å². The molecule has 0 radical (unpaired) electrons. The largest absolute Gasteiger partial charge is 0.366 e. The van der Waals surface area contributed by atoms with E-state index in [1.165, 1.54) is 4.68 Å². The van der Waals surface area contributed by atoms with Gasteiger partial charge in [0.1, 0.15) is 5.02 Å². The first-order chi connectivity index (χ1) is 8.49. The van der Waals surface area contributed by atoms with Crippen LogP contribution in [-0.4, -0.2) is 54.5 Å². The first kappa shape index (κ1) is 13.3. The zero-order valence-corrected chi connectivity index (χ0v) is 11.4. The van der Waals surface area contributed by atoms with Crippen molar-refractivity contribution in [3.8, 4) is 0 Å². The fourth-order valence-electron chi connectivity index (χ4n) is 1.84. The average molecular weight is 272 g/mol. The molecule has 0 saturated carbocycles. The van der Waals surface area contributed by atoms with Gasteiger partial charge in [-0.05, 0) is 14.1 Å². The van der Waals surface area contributed by atoms with Gasteiger partial charge in [-0.1, -0.05) is 11.6 Å². The molecule has 1 saturated heterocycles. The number of rotatable bonds is 4. The van der Waals surface area contributed by atoms with Gasteiger partial charge in [0, 0.05) is 25.7 Å². The second-order valence-electron chi connectivity index (χ2n) is 4.84. The summed E-state index contributed by atoms with van der Waals surface area (Å²) < 4.78 is 1.39. The number of aromatic nitrogens is 2. The minimum absolute atomic E-state index is 0.164. The number of likely N-dealkylation sites (N-methyl/N-ethyl adjacent to an activating group) is 1. The van der Waals surface area contributed by atoms with Gasteiger partial charge >= 0.3 is 0 Å². The highest BCUT2D eigenvalue weighted by Gasteiger charge is 2.26. The van der Waals surface area contributed by atoms with Gasteiger partial charge in [0.15, 0.2) is 0 Å². The lowest BCUT2D eigenvalue weighted by atomic mass is 10.1. The maximum atomic E-state index is 12.0. The van der Waals surface area contributed by atoms with Crippen LogP contribution in [0.3, 0.4) is 0 Å². The smallest absolute Gasteiger partial charge is 0.287 e. The van der Waals surface area contributed by atoms with E-state index in [9.17, 15) is 4.79 Å². The lowest BCUT2D eigenvalue weighted by Crippen LogP contribution is -2.56. The van der Waals surface area contributed by atoms with Gasteiger partial charge in [0.2, 0.25) is 0 Å². The van der Waals surface area contributed by atoms with Crippen molar-refractivity contribution in [3.05, 3.63) is 21.6 Å². The standard InChI is InChI=1S/C11H18ClN5O/c1-15(2)3-4-17-11(18)10(12)9(5-14-17)16-6-8(13)7-16/h5,8H,3-4,6-7,13H2,1-2H3. The van der Waals surface area contributed by atoms with Crippen molar-refractivity contribution in [1.29, 1.82) is 0 Å². The van der Waals surface area contributed by atoms with Crippen molar-refractivity contribution in [1.82, 2.24) is 14.7 Å². The van der Waals surface area contributed by atoms with E-state index in [1.807, 2.05) is 23.9 Å². The molecule has 0 amide bonds. The summed E-state index contributed by atoms with van der Waals surface area (Å²) in [5.74, 6) is 0. The predicted molar refractivity (Wildman–Crippen MR) is 72.2 cm³/mol. The van der Waals surface area contributed by atoms with Crippen LogP contribution >= 0.6 is 11.6 Å². The Morgan fingerprint density at radius 2 is 2.22 bits per heavy atom. The third kappa shape index (κ3) is 2.66. The van der Waals surface area contributed by atoms with Gasteiger partial charge < -0.3 is 15.5 Å². The van der Waals surface area contributed by atoms with E-state index in [0.29, 0.717) is 12.2 Å². The van der Waals surface area contributed by atoms with Crippen molar-refractivity contribution in [2.45, 2.75) is 12.6 Å². The molecule has 0 aliphatic carbocycles. The second-order valence-corrected chi connectivity index (χ2v) is 5.22. The molecule has 1 fully saturated rings. The molecule has 1 aromatic rings. The molecule has 0 bridgehead atoms. The number of nitrogens with zero attached hydrogens (tertiary/aromatic N) is 4. The summed E-state index contributed by atoms with van der Waals surface area (Å²) in [5, 5.41) is 4.38. The molecule has 1 aliphatic heterocycles. The van der Waals surface area contributed by atoms with Crippen molar-refractivity contribution >= 4 is 17.3 Å². The molecule has 0 aromatic carbocycles. The molecule has 2 heterocycles. The first-order valence-electron chi connectivity index (χ1n) is 5.90. The van der Waals surface area contributed by atoms with Crippen molar-refractivity contribution < 1.29 is 0 Å². The van der Waals surface area contributed by atoms with Crippen LogP contribution in [0.25, 0.3) is 0 Å². The highest BCUT2D eigenvalue weighted by Crippen LogP contribution is 2.24. The summed E-state index contributed by atoms with van der Waals surface area (Å²) in [6.45, 7) is 2.73. The Balaban J connectivity index is 2.17. The Labute approximate surface area is 111 Å². The van der Waals surface area contributed by atoms with Crippen molar-refractivity contribution in [3.63, 3.8) is 0 Å². The van der Waals surface area contributed by atoms with Gasteiger partial charge in [-0.25, -0.2) is 4.68 Å². The van der Waals surface area contributed by atoms with Crippen LogP contribution in [0.5, 0.6) is 0 Å². The predicted octanol–water partition coefficient (Wildman–Crippen LogP) is -0.394. The van der Waals surface area contributed by atoms with E-state index < -0.39 is 0 Å². The number of halogens is 1. The van der Waals surface area contributed by atoms with Crippen LogP contribution in [0.2, 0.25) is 5.02 Å². The summed E-state index contributed by atoms with van der Waals surface area (Å²) in [6.07, 6.45) is 1.64. The van der Waals surface area contributed by atoms with E-state index in [0.717, 1.165) is 19.6 Å². The molecular weight excluding hydrogens is 254 g/mol. The molecule has 0 unspecified atom stereocenters. The minimum Gasteiger partial charge on any atom is -0.366 e. The van der Waals surface area contributed by atoms with E-state index in [-0.39, 0.29) is 16.6 Å². The van der Waals surface area contributed by atoms with E-state index >= 15 is 0 Å². The molecule has 0 atom stereocenters. The molecule has 1 aliphatic rings. The summed E-state index contributed by atoms with van der Waals surface area (Å²) >= 11 is 6.10. The maximum absolute atomic E-state index is 12.0. The molecule has 2 rings (SSSR count). The summed E-state index contributed by atoms with van der Waals surface area (Å²) in [5.41, 5.74) is 6.16. The van der Waals surface area contributed by atoms with Gasteiger partial charge in [-0.2, -0.15) is 5.10 Å². The molecule has 7 heteroatoms. The monoisotopic (exact) mass is 271 g/mol. The second kappa shape index (κ2) is 5.26. The topological polar surface area (TPSA) is 67.4 Å². The maximum Gasteiger partial charge on any atom is 0.287 e. The van der Waals surface area contributed by atoms with Crippen molar-refractivity contribution in [2.24, 2.45) is 5.73 Å². The van der Waals surface area contributed by atoms with E-state index in [1.54, 1.807) is 6.20 Å². The normalized spacial score (nSPS) is 16.2. The van der Waals surface area contributed by atoms with Gasteiger partial charge in [0.25, 0.3) is 5.56 Å². The molecule has 0 spiro atoms. The van der Waals surface area contributed by atoms with Crippen molar-refractivity contribution in [2.75, 3.05) is 38.6 Å². The Hall–Kier alpha value is -1.11. The first-order valence-corrected chi connectivity index (χ1v) is 6.27. The van der Waals surface area contributed by atoms with E-state index in [2.05, 4.69) is 5.10 Å². The number of hydrogen-bond donors (Lipinski definition) is 1. The number of hydrogen-bond acceptors (Lipinski definition) is 5. The van der Waals surface area contributed by atoms with Crippen LogP contribution in [0.1, 0.15) is 0 Å². The minimum atomic E-state index is -0.239. The molecule has 1 aromatic heterocycles.